The van der Waals surface area contributed by atoms with Gasteiger partial charge in [-0.3, -0.25) is 4.79 Å². The quantitative estimate of drug-likeness (QED) is 0.403. The van der Waals surface area contributed by atoms with Crippen LogP contribution in [0.1, 0.15) is 6.42 Å². The Morgan fingerprint density at radius 3 is 2.90 bits per heavy atom. The van der Waals surface area contributed by atoms with E-state index in [2.05, 4.69) is 5.32 Å². The van der Waals surface area contributed by atoms with E-state index in [9.17, 15) is 4.79 Å². The minimum Gasteiger partial charge on any atom is -0.359 e. The maximum Gasteiger partial charge on any atom is 0.207 e. The van der Waals surface area contributed by atoms with E-state index >= 15 is 0 Å². The Hall–Kier alpha value is -0.220. The normalized spacial score (nSPS) is 9.30. The molecule has 0 aromatic rings. The molecule has 0 fully saturated rings. The first-order valence-corrected chi connectivity index (χ1v) is 4.52. The Bertz CT molecular complexity index is 80.1. The van der Waals surface area contributed by atoms with E-state index in [1.807, 2.05) is 11.8 Å². The lowest BCUT2D eigenvalue weighted by atomic mass is 10.5. The van der Waals surface area contributed by atoms with Crippen LogP contribution in [0.4, 0.5) is 0 Å². The van der Waals surface area contributed by atoms with Crippen LogP contribution < -0.4 is 11.1 Å². The third-order valence-corrected chi connectivity index (χ3v) is 2.06. The van der Waals surface area contributed by atoms with Gasteiger partial charge in [0, 0.05) is 18.8 Å². The zero-order chi connectivity index (χ0) is 7.66. The Labute approximate surface area is 65.7 Å². The van der Waals surface area contributed by atoms with Crippen molar-refractivity contribution in [1.29, 1.82) is 0 Å². The summed E-state index contributed by atoms with van der Waals surface area (Å²) in [6.45, 7) is 1.52. The summed E-state index contributed by atoms with van der Waals surface area (Å²) in [7, 11) is 0. The summed E-state index contributed by atoms with van der Waals surface area (Å²) >= 11 is 1.82. The molecule has 0 rings (SSSR count). The number of hydrogen-bond acceptors (Lipinski definition) is 3. The van der Waals surface area contributed by atoms with Gasteiger partial charge in [-0.15, -0.1) is 0 Å². The minimum absolute atomic E-state index is 0.730. The molecule has 0 saturated carbocycles. The third kappa shape index (κ3) is 7.78. The van der Waals surface area contributed by atoms with Gasteiger partial charge < -0.3 is 11.1 Å². The highest BCUT2D eigenvalue weighted by Crippen LogP contribution is 1.98. The van der Waals surface area contributed by atoms with Gasteiger partial charge in [0.1, 0.15) is 0 Å². The van der Waals surface area contributed by atoms with Crippen molar-refractivity contribution in [3.8, 4) is 0 Å². The Morgan fingerprint density at radius 2 is 2.30 bits per heavy atom. The van der Waals surface area contributed by atoms with Crippen molar-refractivity contribution >= 4 is 18.2 Å². The van der Waals surface area contributed by atoms with Gasteiger partial charge >= 0.3 is 0 Å². The van der Waals surface area contributed by atoms with Crippen molar-refractivity contribution in [3.63, 3.8) is 0 Å². The van der Waals surface area contributed by atoms with Crippen LogP contribution in [0.5, 0.6) is 0 Å². The van der Waals surface area contributed by atoms with Gasteiger partial charge in [-0.25, -0.2) is 0 Å². The SMILES string of the molecule is NCCSCCCNC=O. The monoisotopic (exact) mass is 162 g/mol. The van der Waals surface area contributed by atoms with Crippen molar-refractivity contribution in [2.45, 2.75) is 6.42 Å². The van der Waals surface area contributed by atoms with E-state index in [1.54, 1.807) is 0 Å². The molecule has 3 nitrogen and oxygen atoms in total. The fourth-order valence-corrected chi connectivity index (χ4v) is 1.24. The predicted molar refractivity (Wildman–Crippen MR) is 45.1 cm³/mol. The van der Waals surface area contributed by atoms with Crippen molar-refractivity contribution in [1.82, 2.24) is 5.32 Å². The molecular weight excluding hydrogens is 148 g/mol. The lowest BCUT2D eigenvalue weighted by Gasteiger charge is -1.97. The summed E-state index contributed by atoms with van der Waals surface area (Å²) < 4.78 is 0. The largest absolute Gasteiger partial charge is 0.359 e. The molecular formula is C6H14N2OS. The predicted octanol–water partition coefficient (Wildman–Crippen LogP) is -0.186. The van der Waals surface area contributed by atoms with Crippen LogP contribution in [0.2, 0.25) is 0 Å². The molecule has 3 N–H and O–H groups in total. The average molecular weight is 162 g/mol. The summed E-state index contributed by atoms with van der Waals surface area (Å²) in [4.78, 5) is 9.76. The molecule has 0 saturated heterocycles. The Morgan fingerprint density at radius 1 is 1.50 bits per heavy atom. The van der Waals surface area contributed by atoms with Gasteiger partial charge in [0.25, 0.3) is 0 Å². The minimum atomic E-state index is 0.730. The van der Waals surface area contributed by atoms with Crippen molar-refractivity contribution in [2.75, 3.05) is 24.6 Å². The van der Waals surface area contributed by atoms with Crippen LogP contribution in [0.25, 0.3) is 0 Å². The van der Waals surface area contributed by atoms with Gasteiger partial charge in [0.2, 0.25) is 6.41 Å². The molecule has 0 radical (unpaired) electrons. The summed E-state index contributed by atoms with van der Waals surface area (Å²) in [5.41, 5.74) is 5.28. The van der Waals surface area contributed by atoms with Crippen LogP contribution in [0, 0.1) is 0 Å². The number of carbonyl (C=O) groups excluding carboxylic acids is 1. The molecule has 0 aliphatic heterocycles. The van der Waals surface area contributed by atoms with Gasteiger partial charge in [-0.2, -0.15) is 11.8 Å². The first-order valence-electron chi connectivity index (χ1n) is 3.36. The average Bonchev–Trinajstić information content (AvgIpc) is 1.97. The summed E-state index contributed by atoms with van der Waals surface area (Å²) in [6.07, 6.45) is 1.76. The van der Waals surface area contributed by atoms with E-state index in [0.717, 1.165) is 37.4 Å². The summed E-state index contributed by atoms with van der Waals surface area (Å²) in [6, 6.07) is 0. The number of thioether (sulfide) groups is 1. The van der Waals surface area contributed by atoms with E-state index in [4.69, 9.17) is 5.73 Å². The maximum absolute atomic E-state index is 9.76. The molecule has 1 amide bonds. The van der Waals surface area contributed by atoms with Crippen LogP contribution in [0.15, 0.2) is 0 Å². The van der Waals surface area contributed by atoms with Crippen molar-refractivity contribution in [3.05, 3.63) is 0 Å². The zero-order valence-corrected chi connectivity index (χ0v) is 6.82. The van der Waals surface area contributed by atoms with Crippen LogP contribution in [-0.4, -0.2) is 31.0 Å². The zero-order valence-electron chi connectivity index (χ0n) is 6.01. The van der Waals surface area contributed by atoms with E-state index in [0.29, 0.717) is 0 Å². The van der Waals surface area contributed by atoms with E-state index < -0.39 is 0 Å². The van der Waals surface area contributed by atoms with Crippen LogP contribution >= 0.6 is 11.8 Å². The number of rotatable bonds is 7. The molecule has 4 heteroatoms. The molecule has 0 spiro atoms. The Kier molecular flexibility index (Phi) is 8.59. The molecule has 0 heterocycles. The van der Waals surface area contributed by atoms with Crippen LogP contribution in [-0.2, 0) is 4.79 Å². The number of amides is 1. The molecule has 0 bridgehead atoms. The Balaban J connectivity index is 2.70. The van der Waals surface area contributed by atoms with Gasteiger partial charge in [-0.05, 0) is 12.2 Å². The topological polar surface area (TPSA) is 55.1 Å². The highest BCUT2D eigenvalue weighted by Gasteiger charge is 1.86. The number of nitrogens with one attached hydrogen (secondary N) is 1. The van der Waals surface area contributed by atoms with Gasteiger partial charge in [0.05, 0.1) is 0 Å². The first kappa shape index (κ1) is 9.78. The number of hydrogen-bond donors (Lipinski definition) is 2. The molecule has 0 unspecified atom stereocenters. The molecule has 0 aliphatic carbocycles. The van der Waals surface area contributed by atoms with Gasteiger partial charge in [0.15, 0.2) is 0 Å². The highest BCUT2D eigenvalue weighted by atomic mass is 32.2. The van der Waals surface area contributed by atoms with Crippen molar-refractivity contribution in [2.24, 2.45) is 5.73 Å². The molecule has 0 atom stereocenters. The second kappa shape index (κ2) is 8.78. The van der Waals surface area contributed by atoms with Crippen molar-refractivity contribution < 1.29 is 4.79 Å². The molecule has 60 valence electrons. The second-order valence-corrected chi connectivity index (χ2v) is 3.05. The fourth-order valence-electron chi connectivity index (χ4n) is 0.521. The number of carbonyl (C=O) groups is 1. The second-order valence-electron chi connectivity index (χ2n) is 1.83. The maximum atomic E-state index is 9.76. The molecule has 0 aromatic heterocycles. The summed E-state index contributed by atoms with van der Waals surface area (Å²) in [5, 5.41) is 2.60. The fraction of sp³-hybridized carbons (Fsp3) is 0.833. The number of nitrogens with two attached hydrogens (primary N) is 1. The summed E-state index contributed by atoms with van der Waals surface area (Å²) in [5.74, 6) is 2.10. The lowest BCUT2D eigenvalue weighted by molar-refractivity contribution is -0.109. The first-order chi connectivity index (χ1) is 4.91. The van der Waals surface area contributed by atoms with E-state index in [1.165, 1.54) is 0 Å². The van der Waals surface area contributed by atoms with Gasteiger partial charge in [-0.1, -0.05) is 0 Å². The van der Waals surface area contributed by atoms with E-state index in [-0.39, 0.29) is 0 Å². The smallest absolute Gasteiger partial charge is 0.207 e. The third-order valence-electron chi connectivity index (χ3n) is 0.955. The lowest BCUT2D eigenvalue weighted by Crippen LogP contribution is -2.13. The molecule has 0 aliphatic rings. The van der Waals surface area contributed by atoms with Crippen LogP contribution in [0.3, 0.4) is 0 Å². The molecule has 10 heavy (non-hydrogen) atoms. The molecule has 0 aromatic carbocycles. The highest BCUT2D eigenvalue weighted by molar-refractivity contribution is 7.99. The standard InChI is InChI=1S/C6H14N2OS/c7-2-5-10-4-1-3-8-6-9/h6H,1-5,7H2,(H,8,9).